The number of carbonyl (C=O) groups excluding carboxylic acids is 1. The number of hydrogen-bond acceptors (Lipinski definition) is 5. The number of piperazine rings is 1. The predicted molar refractivity (Wildman–Crippen MR) is 97.6 cm³/mol. The van der Waals surface area contributed by atoms with Gasteiger partial charge in [-0.3, -0.25) is 9.69 Å². The zero-order valence-corrected chi connectivity index (χ0v) is 15.9. The molecule has 0 N–H and O–H groups in total. The number of nitrogens with zero attached hydrogens (tertiary/aromatic N) is 2. The number of rotatable bonds is 7. The maximum atomic E-state index is 12.9. The Labute approximate surface area is 150 Å². The second kappa shape index (κ2) is 9.06. The largest absolute Gasteiger partial charge is 0.493 e. The fourth-order valence-corrected chi connectivity index (χ4v) is 3.51. The monoisotopic (exact) mass is 350 g/mol. The predicted octanol–water partition coefficient (Wildman–Crippen LogP) is 2.28. The molecule has 0 aliphatic carbocycles. The average molecular weight is 350 g/mol. The molecule has 1 heterocycles. The van der Waals surface area contributed by atoms with Gasteiger partial charge in [0.1, 0.15) is 0 Å². The average Bonchev–Trinajstić information content (AvgIpc) is 2.62. The Morgan fingerprint density at radius 1 is 1.08 bits per heavy atom. The van der Waals surface area contributed by atoms with E-state index in [1.807, 2.05) is 4.90 Å². The molecule has 0 saturated carbocycles. The molecule has 2 atom stereocenters. The Balaban J connectivity index is 2.06. The lowest BCUT2D eigenvalue weighted by molar-refractivity contribution is 0.0270. The topological polar surface area (TPSA) is 51.2 Å². The highest BCUT2D eigenvalue weighted by atomic mass is 16.5. The molecule has 0 spiro atoms. The summed E-state index contributed by atoms with van der Waals surface area (Å²) in [5.74, 6) is 1.24. The van der Waals surface area contributed by atoms with Crippen molar-refractivity contribution in [1.82, 2.24) is 9.80 Å². The van der Waals surface area contributed by atoms with E-state index in [1.165, 1.54) is 0 Å². The lowest BCUT2D eigenvalue weighted by atomic mass is 10.1. The fourth-order valence-electron chi connectivity index (χ4n) is 3.51. The molecule has 1 amide bonds. The Morgan fingerprint density at radius 3 is 2.28 bits per heavy atom. The van der Waals surface area contributed by atoms with Gasteiger partial charge < -0.3 is 19.1 Å². The van der Waals surface area contributed by atoms with E-state index < -0.39 is 0 Å². The third-order valence-electron chi connectivity index (χ3n) is 4.78. The van der Waals surface area contributed by atoms with Gasteiger partial charge in [-0.05, 0) is 38.5 Å². The molecular weight excluding hydrogens is 320 g/mol. The van der Waals surface area contributed by atoms with Gasteiger partial charge in [0.2, 0.25) is 0 Å². The molecule has 1 aromatic rings. The highest BCUT2D eigenvalue weighted by Crippen LogP contribution is 2.28. The van der Waals surface area contributed by atoms with Gasteiger partial charge in [-0.2, -0.15) is 0 Å². The lowest BCUT2D eigenvalue weighted by Crippen LogP contribution is -2.58. The summed E-state index contributed by atoms with van der Waals surface area (Å²) < 4.78 is 15.7. The molecule has 1 aliphatic rings. The quantitative estimate of drug-likeness (QED) is 0.706. The fraction of sp³-hybridized carbons (Fsp3) is 0.632. The van der Waals surface area contributed by atoms with Crippen LogP contribution in [-0.4, -0.2) is 75.4 Å². The first-order valence-electron chi connectivity index (χ1n) is 8.77. The van der Waals surface area contributed by atoms with Crippen LogP contribution in [0.2, 0.25) is 0 Å². The van der Waals surface area contributed by atoms with Crippen molar-refractivity contribution in [2.24, 2.45) is 0 Å². The van der Waals surface area contributed by atoms with E-state index in [9.17, 15) is 4.79 Å². The molecule has 25 heavy (non-hydrogen) atoms. The Kier molecular flexibility index (Phi) is 7.08. The van der Waals surface area contributed by atoms with E-state index >= 15 is 0 Å². The van der Waals surface area contributed by atoms with Crippen molar-refractivity contribution in [3.8, 4) is 11.5 Å². The zero-order chi connectivity index (χ0) is 18.4. The normalized spacial score (nSPS) is 21.2. The summed E-state index contributed by atoms with van der Waals surface area (Å²) >= 11 is 0. The molecule has 6 heteroatoms. The Bertz CT molecular complexity index is 567. The van der Waals surface area contributed by atoms with Crippen LogP contribution in [-0.2, 0) is 4.74 Å². The number of amides is 1. The summed E-state index contributed by atoms with van der Waals surface area (Å²) in [6.07, 6.45) is 1.01. The summed E-state index contributed by atoms with van der Waals surface area (Å²) in [5, 5.41) is 0. The first-order valence-corrected chi connectivity index (χ1v) is 8.77. The first-order chi connectivity index (χ1) is 12.0. The van der Waals surface area contributed by atoms with Crippen LogP contribution in [0.15, 0.2) is 18.2 Å². The molecule has 1 aromatic carbocycles. The van der Waals surface area contributed by atoms with Gasteiger partial charge in [-0.1, -0.05) is 0 Å². The summed E-state index contributed by atoms with van der Waals surface area (Å²) in [6, 6.07) is 5.97. The third kappa shape index (κ3) is 4.64. The minimum atomic E-state index is 0.0381. The minimum Gasteiger partial charge on any atom is -0.493 e. The SMILES string of the molecule is COCCCN1C(C)CN(C(=O)c2ccc(OC)c(OC)c2)CC1C. The van der Waals surface area contributed by atoms with E-state index in [2.05, 4.69) is 18.7 Å². The minimum absolute atomic E-state index is 0.0381. The summed E-state index contributed by atoms with van der Waals surface area (Å²) in [5.41, 5.74) is 0.630. The van der Waals surface area contributed by atoms with E-state index in [-0.39, 0.29) is 5.91 Å². The van der Waals surface area contributed by atoms with Crippen LogP contribution in [0.5, 0.6) is 11.5 Å². The molecule has 1 aliphatic heterocycles. The van der Waals surface area contributed by atoms with Gasteiger partial charge in [0.15, 0.2) is 11.5 Å². The van der Waals surface area contributed by atoms with Crippen LogP contribution in [0.4, 0.5) is 0 Å². The van der Waals surface area contributed by atoms with Crippen molar-refractivity contribution in [2.75, 3.05) is 47.6 Å². The molecule has 2 rings (SSSR count). The molecule has 0 aromatic heterocycles. The van der Waals surface area contributed by atoms with Crippen LogP contribution in [0.3, 0.4) is 0 Å². The van der Waals surface area contributed by atoms with Crippen LogP contribution in [0.1, 0.15) is 30.6 Å². The van der Waals surface area contributed by atoms with Gasteiger partial charge >= 0.3 is 0 Å². The highest BCUT2D eigenvalue weighted by Gasteiger charge is 2.32. The van der Waals surface area contributed by atoms with E-state index in [4.69, 9.17) is 14.2 Å². The standard InChI is InChI=1S/C19H30N2O4/c1-14-12-20(13-15(2)21(14)9-6-10-23-3)19(22)16-7-8-17(24-4)18(11-16)25-5/h7-8,11,14-15H,6,9-10,12-13H2,1-5H3. The number of methoxy groups -OCH3 is 3. The third-order valence-corrected chi connectivity index (χ3v) is 4.78. The number of ether oxygens (including phenoxy) is 3. The van der Waals surface area contributed by atoms with Crippen molar-refractivity contribution in [3.63, 3.8) is 0 Å². The summed E-state index contributed by atoms with van der Waals surface area (Å²) in [4.78, 5) is 17.3. The smallest absolute Gasteiger partial charge is 0.254 e. The molecule has 2 unspecified atom stereocenters. The van der Waals surface area contributed by atoms with Crippen LogP contribution >= 0.6 is 0 Å². The van der Waals surface area contributed by atoms with E-state index in [0.29, 0.717) is 29.1 Å². The van der Waals surface area contributed by atoms with E-state index in [1.54, 1.807) is 39.5 Å². The van der Waals surface area contributed by atoms with E-state index in [0.717, 1.165) is 32.7 Å². The van der Waals surface area contributed by atoms with Gasteiger partial charge in [0, 0.05) is 51.0 Å². The first kappa shape index (κ1) is 19.5. The van der Waals surface area contributed by atoms with Crippen molar-refractivity contribution in [2.45, 2.75) is 32.4 Å². The van der Waals surface area contributed by atoms with Crippen molar-refractivity contribution < 1.29 is 19.0 Å². The van der Waals surface area contributed by atoms with Crippen molar-refractivity contribution >= 4 is 5.91 Å². The van der Waals surface area contributed by atoms with Crippen LogP contribution < -0.4 is 9.47 Å². The molecule has 0 bridgehead atoms. The molecule has 1 fully saturated rings. The van der Waals surface area contributed by atoms with Gasteiger partial charge in [-0.25, -0.2) is 0 Å². The molecular formula is C19H30N2O4. The van der Waals surface area contributed by atoms with Gasteiger partial charge in [0.25, 0.3) is 5.91 Å². The zero-order valence-electron chi connectivity index (χ0n) is 15.9. The molecule has 0 radical (unpaired) electrons. The number of benzene rings is 1. The van der Waals surface area contributed by atoms with Crippen molar-refractivity contribution in [3.05, 3.63) is 23.8 Å². The maximum absolute atomic E-state index is 12.9. The second-order valence-corrected chi connectivity index (χ2v) is 6.56. The highest BCUT2D eigenvalue weighted by molar-refractivity contribution is 5.95. The van der Waals surface area contributed by atoms with Crippen LogP contribution in [0, 0.1) is 0 Å². The maximum Gasteiger partial charge on any atom is 0.254 e. The summed E-state index contributed by atoms with van der Waals surface area (Å²) in [6.45, 7) is 7.57. The second-order valence-electron chi connectivity index (χ2n) is 6.56. The van der Waals surface area contributed by atoms with Crippen molar-refractivity contribution in [1.29, 1.82) is 0 Å². The lowest BCUT2D eigenvalue weighted by Gasteiger charge is -2.44. The molecule has 140 valence electrons. The van der Waals surface area contributed by atoms with Gasteiger partial charge in [-0.15, -0.1) is 0 Å². The molecule has 6 nitrogen and oxygen atoms in total. The van der Waals surface area contributed by atoms with Crippen LogP contribution in [0.25, 0.3) is 0 Å². The Hall–Kier alpha value is -1.79. The molecule has 1 saturated heterocycles. The Morgan fingerprint density at radius 2 is 1.72 bits per heavy atom. The number of hydrogen-bond donors (Lipinski definition) is 0. The van der Waals surface area contributed by atoms with Gasteiger partial charge in [0.05, 0.1) is 14.2 Å². The summed E-state index contributed by atoms with van der Waals surface area (Å²) in [7, 11) is 4.90. The number of carbonyl (C=O) groups is 1.